The minimum atomic E-state index is -0.340. The van der Waals surface area contributed by atoms with E-state index in [1.807, 2.05) is 6.92 Å². The molecule has 7 nitrogen and oxygen atoms in total. The normalized spacial score (nSPS) is 16.5. The van der Waals surface area contributed by atoms with E-state index in [0.29, 0.717) is 30.5 Å². The summed E-state index contributed by atoms with van der Waals surface area (Å²) in [6.45, 7) is 3.36. The SMILES string of the molecule is CCc1nn(C)c(NCCNC2CCCCCC2)c1[N+](=O)[O-]. The molecule has 0 aromatic carbocycles. The zero-order chi connectivity index (χ0) is 15.9. The van der Waals surface area contributed by atoms with Crippen LogP contribution in [-0.4, -0.2) is 33.8 Å². The van der Waals surface area contributed by atoms with Crippen LogP contribution in [0.3, 0.4) is 0 Å². The van der Waals surface area contributed by atoms with Crippen LogP contribution < -0.4 is 10.6 Å². The summed E-state index contributed by atoms with van der Waals surface area (Å²) in [6, 6.07) is 0.594. The second-order valence-electron chi connectivity index (χ2n) is 5.95. The van der Waals surface area contributed by atoms with E-state index in [9.17, 15) is 10.1 Å². The summed E-state index contributed by atoms with van der Waals surface area (Å²) >= 11 is 0. The number of anilines is 1. The summed E-state index contributed by atoms with van der Waals surface area (Å²) in [4.78, 5) is 10.9. The van der Waals surface area contributed by atoms with Gasteiger partial charge in [0.1, 0.15) is 5.69 Å². The van der Waals surface area contributed by atoms with E-state index in [-0.39, 0.29) is 10.6 Å². The third kappa shape index (κ3) is 4.19. The van der Waals surface area contributed by atoms with E-state index in [4.69, 9.17) is 0 Å². The van der Waals surface area contributed by atoms with Crippen molar-refractivity contribution in [3.05, 3.63) is 15.8 Å². The Morgan fingerprint density at radius 2 is 1.95 bits per heavy atom. The Morgan fingerprint density at radius 3 is 2.55 bits per heavy atom. The predicted molar refractivity (Wildman–Crippen MR) is 87.2 cm³/mol. The largest absolute Gasteiger partial charge is 0.363 e. The number of nitrogens with zero attached hydrogens (tertiary/aromatic N) is 3. The monoisotopic (exact) mass is 309 g/mol. The molecule has 0 radical (unpaired) electrons. The van der Waals surface area contributed by atoms with Gasteiger partial charge in [0.25, 0.3) is 0 Å². The van der Waals surface area contributed by atoms with Crippen LogP contribution in [0.2, 0.25) is 0 Å². The Labute approximate surface area is 131 Å². The quantitative estimate of drug-likeness (QED) is 0.350. The van der Waals surface area contributed by atoms with Gasteiger partial charge in [-0.05, 0) is 19.3 Å². The van der Waals surface area contributed by atoms with Crippen molar-refractivity contribution in [1.82, 2.24) is 15.1 Å². The average Bonchev–Trinajstić information content (AvgIpc) is 2.66. The minimum Gasteiger partial charge on any atom is -0.363 e. The van der Waals surface area contributed by atoms with E-state index in [1.165, 1.54) is 38.5 Å². The first-order chi connectivity index (χ1) is 10.6. The summed E-state index contributed by atoms with van der Waals surface area (Å²) < 4.78 is 1.57. The van der Waals surface area contributed by atoms with Gasteiger partial charge in [-0.1, -0.05) is 32.6 Å². The number of aromatic nitrogens is 2. The van der Waals surface area contributed by atoms with Crippen LogP contribution in [0.4, 0.5) is 11.5 Å². The highest BCUT2D eigenvalue weighted by Gasteiger charge is 2.25. The second kappa shape index (κ2) is 8.12. The van der Waals surface area contributed by atoms with Gasteiger partial charge in [0.2, 0.25) is 5.82 Å². The Hall–Kier alpha value is -1.63. The molecular formula is C15H27N5O2. The lowest BCUT2D eigenvalue weighted by Crippen LogP contribution is -2.32. The summed E-state index contributed by atoms with van der Waals surface area (Å²) in [7, 11) is 1.74. The fraction of sp³-hybridized carbons (Fsp3) is 0.800. The number of rotatable bonds is 7. The maximum Gasteiger partial charge on any atom is 0.333 e. The minimum absolute atomic E-state index is 0.111. The van der Waals surface area contributed by atoms with Crippen LogP contribution in [0.25, 0.3) is 0 Å². The molecule has 1 fully saturated rings. The molecule has 0 atom stereocenters. The number of hydrogen-bond donors (Lipinski definition) is 2. The van der Waals surface area contributed by atoms with Gasteiger partial charge in [0, 0.05) is 26.2 Å². The molecule has 0 bridgehead atoms. The summed E-state index contributed by atoms with van der Waals surface area (Å²) in [5.41, 5.74) is 0.645. The van der Waals surface area contributed by atoms with Crippen LogP contribution >= 0.6 is 0 Å². The zero-order valence-electron chi connectivity index (χ0n) is 13.6. The zero-order valence-corrected chi connectivity index (χ0v) is 13.6. The van der Waals surface area contributed by atoms with Crippen LogP contribution in [-0.2, 0) is 13.5 Å². The molecule has 0 aliphatic heterocycles. The molecule has 0 saturated heterocycles. The van der Waals surface area contributed by atoms with Crippen LogP contribution in [0.5, 0.6) is 0 Å². The predicted octanol–water partition coefficient (Wildman–Crippen LogP) is 2.62. The third-order valence-electron chi connectivity index (χ3n) is 4.32. The van der Waals surface area contributed by atoms with Gasteiger partial charge in [-0.15, -0.1) is 0 Å². The molecule has 0 amide bonds. The highest BCUT2D eigenvalue weighted by molar-refractivity contribution is 5.59. The third-order valence-corrected chi connectivity index (χ3v) is 4.32. The lowest BCUT2D eigenvalue weighted by atomic mass is 10.1. The molecular weight excluding hydrogens is 282 g/mol. The Bertz CT molecular complexity index is 492. The van der Waals surface area contributed by atoms with Gasteiger partial charge in [-0.2, -0.15) is 5.10 Å². The van der Waals surface area contributed by atoms with Crippen molar-refractivity contribution >= 4 is 11.5 Å². The van der Waals surface area contributed by atoms with Gasteiger partial charge in [0.15, 0.2) is 0 Å². The number of aryl methyl sites for hydroxylation is 2. The van der Waals surface area contributed by atoms with Crippen LogP contribution in [0, 0.1) is 10.1 Å². The lowest BCUT2D eigenvalue weighted by Gasteiger charge is -2.16. The molecule has 1 aliphatic carbocycles. The highest BCUT2D eigenvalue weighted by Crippen LogP contribution is 2.28. The molecule has 22 heavy (non-hydrogen) atoms. The first kappa shape index (κ1) is 16.7. The Balaban J connectivity index is 1.86. The molecule has 1 aliphatic rings. The molecule has 1 saturated carbocycles. The fourth-order valence-corrected chi connectivity index (χ4v) is 3.14. The topological polar surface area (TPSA) is 85.0 Å². The van der Waals surface area contributed by atoms with E-state index in [2.05, 4.69) is 15.7 Å². The summed E-state index contributed by atoms with van der Waals surface area (Å²) in [5.74, 6) is 0.504. The van der Waals surface area contributed by atoms with Crippen molar-refractivity contribution in [3.63, 3.8) is 0 Å². The molecule has 124 valence electrons. The molecule has 2 rings (SSSR count). The number of hydrogen-bond acceptors (Lipinski definition) is 5. The molecule has 0 unspecified atom stereocenters. The van der Waals surface area contributed by atoms with Crippen LogP contribution in [0.15, 0.2) is 0 Å². The van der Waals surface area contributed by atoms with E-state index in [0.717, 1.165) is 6.54 Å². The van der Waals surface area contributed by atoms with Gasteiger partial charge in [-0.25, -0.2) is 4.68 Å². The maximum atomic E-state index is 11.2. The van der Waals surface area contributed by atoms with E-state index < -0.39 is 0 Å². The molecule has 2 N–H and O–H groups in total. The summed E-state index contributed by atoms with van der Waals surface area (Å²) in [5, 5.41) is 22.2. The van der Waals surface area contributed by atoms with E-state index in [1.54, 1.807) is 11.7 Å². The van der Waals surface area contributed by atoms with Crippen LogP contribution in [0.1, 0.15) is 51.1 Å². The van der Waals surface area contributed by atoms with Gasteiger partial charge < -0.3 is 10.6 Å². The van der Waals surface area contributed by atoms with Crippen molar-refractivity contribution in [2.45, 2.75) is 57.9 Å². The average molecular weight is 309 g/mol. The van der Waals surface area contributed by atoms with Crippen molar-refractivity contribution in [2.24, 2.45) is 7.05 Å². The van der Waals surface area contributed by atoms with Gasteiger partial charge >= 0.3 is 5.69 Å². The standard InChI is InChI=1S/C15H27N5O2/c1-3-13-14(20(21)22)15(19(2)18-13)17-11-10-16-12-8-6-4-5-7-9-12/h12,16-17H,3-11H2,1-2H3. The number of nitrogens with one attached hydrogen (secondary N) is 2. The Morgan fingerprint density at radius 1 is 1.27 bits per heavy atom. The Kier molecular flexibility index (Phi) is 6.18. The van der Waals surface area contributed by atoms with Crippen molar-refractivity contribution < 1.29 is 4.92 Å². The molecule has 1 aromatic heterocycles. The summed E-state index contributed by atoms with van der Waals surface area (Å²) in [6.07, 6.45) is 8.34. The maximum absolute atomic E-state index is 11.2. The van der Waals surface area contributed by atoms with Gasteiger partial charge in [0.05, 0.1) is 4.92 Å². The molecule has 1 aromatic rings. The van der Waals surface area contributed by atoms with E-state index >= 15 is 0 Å². The van der Waals surface area contributed by atoms with Crippen molar-refractivity contribution in [2.75, 3.05) is 18.4 Å². The molecule has 0 spiro atoms. The van der Waals surface area contributed by atoms with Crippen molar-refractivity contribution in [1.29, 1.82) is 0 Å². The van der Waals surface area contributed by atoms with Gasteiger partial charge in [-0.3, -0.25) is 10.1 Å². The number of nitro groups is 1. The molecule has 1 heterocycles. The second-order valence-corrected chi connectivity index (χ2v) is 5.95. The fourth-order valence-electron chi connectivity index (χ4n) is 3.14. The highest BCUT2D eigenvalue weighted by atomic mass is 16.6. The first-order valence-electron chi connectivity index (χ1n) is 8.31. The lowest BCUT2D eigenvalue weighted by molar-refractivity contribution is -0.384. The first-order valence-corrected chi connectivity index (χ1v) is 8.31. The van der Waals surface area contributed by atoms with Crippen molar-refractivity contribution in [3.8, 4) is 0 Å². The smallest absolute Gasteiger partial charge is 0.333 e. The molecule has 7 heteroatoms.